The second-order valence-electron chi connectivity index (χ2n) is 3.08. The maximum Gasteiger partial charge on any atom is 0.218 e. The Morgan fingerprint density at radius 1 is 1.36 bits per heavy atom. The van der Waals surface area contributed by atoms with E-state index in [1.54, 1.807) is 13.2 Å². The van der Waals surface area contributed by atoms with Crippen LogP contribution in [0.15, 0.2) is 12.4 Å². The summed E-state index contributed by atoms with van der Waals surface area (Å²) in [5.41, 5.74) is 0. The second kappa shape index (κ2) is 6.18. The molecule has 0 spiro atoms. The van der Waals surface area contributed by atoms with Gasteiger partial charge in [-0.2, -0.15) is 0 Å². The molecule has 4 nitrogen and oxygen atoms in total. The zero-order valence-corrected chi connectivity index (χ0v) is 8.79. The van der Waals surface area contributed by atoms with E-state index in [9.17, 15) is 0 Å². The first-order valence-corrected chi connectivity index (χ1v) is 4.96. The van der Waals surface area contributed by atoms with Crippen LogP contribution in [-0.2, 0) is 0 Å². The maximum atomic E-state index is 4.99. The van der Waals surface area contributed by atoms with Gasteiger partial charge in [0, 0.05) is 12.6 Å². The van der Waals surface area contributed by atoms with Crippen LogP contribution in [0.1, 0.15) is 26.2 Å². The number of methoxy groups -OCH3 is 1. The highest BCUT2D eigenvalue weighted by atomic mass is 16.5. The fourth-order valence-electron chi connectivity index (χ4n) is 1.14. The third-order valence-corrected chi connectivity index (χ3v) is 1.94. The fraction of sp³-hybridized carbons (Fsp3) is 0.600. The summed E-state index contributed by atoms with van der Waals surface area (Å²) >= 11 is 0. The second-order valence-corrected chi connectivity index (χ2v) is 3.08. The molecule has 14 heavy (non-hydrogen) atoms. The van der Waals surface area contributed by atoms with E-state index in [-0.39, 0.29) is 0 Å². The van der Waals surface area contributed by atoms with Crippen molar-refractivity contribution in [1.29, 1.82) is 0 Å². The molecular formula is C10H17N3O. The largest absolute Gasteiger partial charge is 0.481 e. The molecule has 0 aliphatic rings. The van der Waals surface area contributed by atoms with E-state index in [1.807, 2.05) is 0 Å². The van der Waals surface area contributed by atoms with Crippen molar-refractivity contribution in [2.24, 2.45) is 0 Å². The zero-order chi connectivity index (χ0) is 10.2. The van der Waals surface area contributed by atoms with Gasteiger partial charge in [0.25, 0.3) is 0 Å². The molecule has 4 heteroatoms. The number of anilines is 1. The molecule has 1 rings (SSSR count). The SMILES string of the molecule is CCCCCNc1cc(OC)ncn1. The van der Waals surface area contributed by atoms with Gasteiger partial charge in [-0.05, 0) is 6.42 Å². The first kappa shape index (κ1) is 10.8. The van der Waals surface area contributed by atoms with E-state index in [4.69, 9.17) is 4.74 Å². The van der Waals surface area contributed by atoms with Crippen molar-refractivity contribution in [1.82, 2.24) is 9.97 Å². The summed E-state index contributed by atoms with van der Waals surface area (Å²) in [6.45, 7) is 3.14. The standard InChI is InChI=1S/C10H17N3O/c1-3-4-5-6-11-9-7-10(14-2)13-8-12-9/h7-8H,3-6H2,1-2H3,(H,11,12,13). The molecule has 1 aromatic heterocycles. The van der Waals surface area contributed by atoms with Crippen LogP contribution in [0.3, 0.4) is 0 Å². The first-order chi connectivity index (χ1) is 6.86. The number of hydrogen-bond acceptors (Lipinski definition) is 4. The van der Waals surface area contributed by atoms with Gasteiger partial charge in [-0.15, -0.1) is 0 Å². The quantitative estimate of drug-likeness (QED) is 0.706. The van der Waals surface area contributed by atoms with Crippen LogP contribution in [0.4, 0.5) is 5.82 Å². The lowest BCUT2D eigenvalue weighted by atomic mass is 10.2. The normalized spacial score (nSPS) is 9.86. The van der Waals surface area contributed by atoms with Crippen LogP contribution < -0.4 is 10.1 Å². The van der Waals surface area contributed by atoms with E-state index in [2.05, 4.69) is 22.2 Å². The average molecular weight is 195 g/mol. The number of rotatable bonds is 6. The molecule has 78 valence electrons. The third-order valence-electron chi connectivity index (χ3n) is 1.94. The Balaban J connectivity index is 2.34. The van der Waals surface area contributed by atoms with Crippen molar-refractivity contribution in [3.05, 3.63) is 12.4 Å². The molecule has 0 aliphatic carbocycles. The van der Waals surface area contributed by atoms with Gasteiger partial charge < -0.3 is 10.1 Å². The summed E-state index contributed by atoms with van der Waals surface area (Å²) in [4.78, 5) is 8.01. The lowest BCUT2D eigenvalue weighted by molar-refractivity contribution is 0.397. The first-order valence-electron chi connectivity index (χ1n) is 4.96. The fourth-order valence-corrected chi connectivity index (χ4v) is 1.14. The van der Waals surface area contributed by atoms with E-state index in [0.29, 0.717) is 5.88 Å². The summed E-state index contributed by atoms with van der Waals surface area (Å²) in [5.74, 6) is 1.42. The highest BCUT2D eigenvalue weighted by Gasteiger charge is 1.96. The van der Waals surface area contributed by atoms with Crippen LogP contribution in [-0.4, -0.2) is 23.6 Å². The predicted molar refractivity (Wildman–Crippen MR) is 56.6 cm³/mol. The van der Waals surface area contributed by atoms with E-state index >= 15 is 0 Å². The predicted octanol–water partition coefficient (Wildman–Crippen LogP) is 2.09. The van der Waals surface area contributed by atoms with Gasteiger partial charge in [0.2, 0.25) is 5.88 Å². The van der Waals surface area contributed by atoms with Crippen molar-refractivity contribution in [2.75, 3.05) is 19.0 Å². The third kappa shape index (κ3) is 3.60. The van der Waals surface area contributed by atoms with E-state index in [0.717, 1.165) is 12.4 Å². The van der Waals surface area contributed by atoms with Gasteiger partial charge in [0.05, 0.1) is 7.11 Å². The molecule has 0 amide bonds. The summed E-state index contributed by atoms with van der Waals surface area (Å²) in [7, 11) is 1.60. The molecule has 0 aromatic carbocycles. The zero-order valence-electron chi connectivity index (χ0n) is 8.79. The highest BCUT2D eigenvalue weighted by molar-refractivity contribution is 5.36. The monoisotopic (exact) mass is 195 g/mol. The topological polar surface area (TPSA) is 47.0 Å². The van der Waals surface area contributed by atoms with Crippen LogP contribution in [0.25, 0.3) is 0 Å². The van der Waals surface area contributed by atoms with Gasteiger partial charge >= 0.3 is 0 Å². The van der Waals surface area contributed by atoms with Gasteiger partial charge in [-0.25, -0.2) is 9.97 Å². The lowest BCUT2D eigenvalue weighted by Crippen LogP contribution is -2.03. The van der Waals surface area contributed by atoms with Crippen LogP contribution >= 0.6 is 0 Å². The van der Waals surface area contributed by atoms with Crippen molar-refractivity contribution >= 4 is 5.82 Å². The summed E-state index contributed by atoms with van der Waals surface area (Å²) < 4.78 is 4.99. The van der Waals surface area contributed by atoms with E-state index < -0.39 is 0 Å². The average Bonchev–Trinajstić information content (AvgIpc) is 2.25. The number of nitrogens with zero attached hydrogens (tertiary/aromatic N) is 2. The number of unbranched alkanes of at least 4 members (excludes halogenated alkanes) is 2. The van der Waals surface area contributed by atoms with Gasteiger partial charge in [-0.1, -0.05) is 19.8 Å². The van der Waals surface area contributed by atoms with Crippen LogP contribution in [0.5, 0.6) is 5.88 Å². The molecule has 0 unspecified atom stereocenters. The molecule has 1 aromatic rings. The molecule has 1 N–H and O–H groups in total. The minimum atomic E-state index is 0.595. The number of hydrogen-bond donors (Lipinski definition) is 1. The molecule has 0 bridgehead atoms. The Morgan fingerprint density at radius 2 is 2.21 bits per heavy atom. The highest BCUT2D eigenvalue weighted by Crippen LogP contribution is 2.09. The Kier molecular flexibility index (Phi) is 4.75. The van der Waals surface area contributed by atoms with Crippen LogP contribution in [0, 0.1) is 0 Å². The van der Waals surface area contributed by atoms with E-state index in [1.165, 1.54) is 25.6 Å². The van der Waals surface area contributed by atoms with Crippen LogP contribution in [0.2, 0.25) is 0 Å². The van der Waals surface area contributed by atoms with Gasteiger partial charge in [-0.3, -0.25) is 0 Å². The summed E-state index contributed by atoms with van der Waals surface area (Å²) in [6, 6.07) is 1.80. The van der Waals surface area contributed by atoms with Crippen molar-refractivity contribution in [2.45, 2.75) is 26.2 Å². The summed E-state index contributed by atoms with van der Waals surface area (Å²) in [5, 5.41) is 3.22. The number of nitrogens with one attached hydrogen (secondary N) is 1. The van der Waals surface area contributed by atoms with Crippen molar-refractivity contribution < 1.29 is 4.74 Å². The van der Waals surface area contributed by atoms with Crippen molar-refractivity contribution in [3.8, 4) is 5.88 Å². The molecule has 0 aliphatic heterocycles. The van der Waals surface area contributed by atoms with Crippen molar-refractivity contribution in [3.63, 3.8) is 0 Å². The Bertz CT molecular complexity index is 265. The van der Waals surface area contributed by atoms with Gasteiger partial charge in [0.1, 0.15) is 12.1 Å². The molecule has 0 saturated heterocycles. The maximum absolute atomic E-state index is 4.99. The Morgan fingerprint density at radius 3 is 2.93 bits per heavy atom. The lowest BCUT2D eigenvalue weighted by Gasteiger charge is -2.05. The molecule has 0 atom stereocenters. The molecule has 0 fully saturated rings. The molecule has 0 saturated carbocycles. The summed E-state index contributed by atoms with van der Waals surface area (Å²) in [6.07, 6.45) is 5.15. The molecule has 1 heterocycles. The number of aromatic nitrogens is 2. The van der Waals surface area contributed by atoms with Gasteiger partial charge in [0.15, 0.2) is 0 Å². The Labute approximate surface area is 84.7 Å². The smallest absolute Gasteiger partial charge is 0.218 e. The Hall–Kier alpha value is -1.32. The minimum absolute atomic E-state index is 0.595. The molecular weight excluding hydrogens is 178 g/mol. The molecule has 0 radical (unpaired) electrons. The minimum Gasteiger partial charge on any atom is -0.481 e. The number of ether oxygens (including phenoxy) is 1.